The predicted octanol–water partition coefficient (Wildman–Crippen LogP) is 2.51. The molecule has 2 aromatic carbocycles. The van der Waals surface area contributed by atoms with E-state index < -0.39 is 0 Å². The van der Waals surface area contributed by atoms with E-state index in [1.165, 1.54) is 11.8 Å². The highest BCUT2D eigenvalue weighted by Gasteiger charge is 2.16. The maximum absolute atomic E-state index is 12.3. The average Bonchev–Trinajstić information content (AvgIpc) is 2.64. The molecule has 0 saturated heterocycles. The molecule has 2 aromatic rings. The number of nitrogens with one attached hydrogen (secondary N) is 1. The van der Waals surface area contributed by atoms with Gasteiger partial charge in [-0.25, -0.2) is 0 Å². The number of primary amides is 1. The van der Waals surface area contributed by atoms with Gasteiger partial charge in [-0.05, 0) is 23.3 Å². The summed E-state index contributed by atoms with van der Waals surface area (Å²) in [5, 5.41) is 3.07. The quantitative estimate of drug-likeness (QED) is 0.675. The third kappa shape index (κ3) is 6.15. The number of nitrogens with two attached hydrogens (primary N) is 1. The van der Waals surface area contributed by atoms with Crippen LogP contribution in [0.1, 0.15) is 23.6 Å². The SMILES string of the molecule is COc1ccc(C(NC(=O)CCSCC(N)=O)c2ccccc2)cc1. The van der Waals surface area contributed by atoms with E-state index in [9.17, 15) is 9.59 Å². The van der Waals surface area contributed by atoms with E-state index in [0.29, 0.717) is 12.2 Å². The van der Waals surface area contributed by atoms with Crippen molar-refractivity contribution in [2.75, 3.05) is 18.6 Å². The Bertz CT molecular complexity index is 690. The Kier molecular flexibility index (Phi) is 7.35. The number of carbonyl (C=O) groups is 2. The lowest BCUT2D eigenvalue weighted by molar-refractivity contribution is -0.121. The van der Waals surface area contributed by atoms with Crippen LogP contribution in [0.5, 0.6) is 5.75 Å². The Morgan fingerprint density at radius 2 is 1.72 bits per heavy atom. The van der Waals surface area contributed by atoms with Crippen LogP contribution in [0, 0.1) is 0 Å². The van der Waals surface area contributed by atoms with E-state index in [-0.39, 0.29) is 23.6 Å². The fourth-order valence-corrected chi connectivity index (χ4v) is 3.05. The van der Waals surface area contributed by atoms with Crippen molar-refractivity contribution in [3.8, 4) is 5.75 Å². The monoisotopic (exact) mass is 358 g/mol. The van der Waals surface area contributed by atoms with Gasteiger partial charge in [-0.3, -0.25) is 9.59 Å². The highest BCUT2D eigenvalue weighted by Crippen LogP contribution is 2.24. The van der Waals surface area contributed by atoms with Crippen LogP contribution in [0.15, 0.2) is 54.6 Å². The van der Waals surface area contributed by atoms with Crippen molar-refractivity contribution in [1.29, 1.82) is 0 Å². The maximum Gasteiger partial charge on any atom is 0.227 e. The number of carbonyl (C=O) groups excluding carboxylic acids is 2. The second kappa shape index (κ2) is 9.74. The van der Waals surface area contributed by atoms with Gasteiger partial charge in [-0.15, -0.1) is 0 Å². The van der Waals surface area contributed by atoms with Crippen molar-refractivity contribution in [2.45, 2.75) is 12.5 Å². The van der Waals surface area contributed by atoms with E-state index in [1.54, 1.807) is 7.11 Å². The fraction of sp³-hybridized carbons (Fsp3) is 0.263. The van der Waals surface area contributed by atoms with Crippen LogP contribution in [-0.4, -0.2) is 30.4 Å². The summed E-state index contributed by atoms with van der Waals surface area (Å²) in [5.41, 5.74) is 7.08. The fourth-order valence-electron chi connectivity index (χ4n) is 2.37. The van der Waals surface area contributed by atoms with Crippen molar-refractivity contribution in [2.24, 2.45) is 5.73 Å². The van der Waals surface area contributed by atoms with Gasteiger partial charge in [0.2, 0.25) is 11.8 Å². The normalized spacial score (nSPS) is 11.6. The second-order valence-corrected chi connectivity index (χ2v) is 6.56. The Morgan fingerprint density at radius 1 is 1.08 bits per heavy atom. The molecule has 0 aliphatic rings. The zero-order valence-electron chi connectivity index (χ0n) is 14.1. The van der Waals surface area contributed by atoms with E-state index in [2.05, 4.69) is 5.32 Å². The summed E-state index contributed by atoms with van der Waals surface area (Å²) in [7, 11) is 1.62. The van der Waals surface area contributed by atoms with Gasteiger partial charge in [0.05, 0.1) is 18.9 Å². The number of ether oxygens (including phenoxy) is 1. The molecule has 3 N–H and O–H groups in total. The molecular weight excluding hydrogens is 336 g/mol. The maximum atomic E-state index is 12.3. The summed E-state index contributed by atoms with van der Waals surface area (Å²) in [6, 6.07) is 17.2. The van der Waals surface area contributed by atoms with Gasteiger partial charge in [0.15, 0.2) is 0 Å². The van der Waals surface area contributed by atoms with Crippen LogP contribution < -0.4 is 15.8 Å². The van der Waals surface area contributed by atoms with Crippen LogP contribution in [0.4, 0.5) is 0 Å². The molecule has 0 aliphatic carbocycles. The zero-order valence-corrected chi connectivity index (χ0v) is 14.9. The Morgan fingerprint density at radius 3 is 2.32 bits per heavy atom. The summed E-state index contributed by atoms with van der Waals surface area (Å²) >= 11 is 1.36. The van der Waals surface area contributed by atoms with E-state index in [4.69, 9.17) is 10.5 Å². The minimum absolute atomic E-state index is 0.0679. The number of rotatable bonds is 9. The molecule has 6 heteroatoms. The summed E-state index contributed by atoms with van der Waals surface area (Å²) in [4.78, 5) is 23.0. The van der Waals surface area contributed by atoms with Gasteiger partial charge < -0.3 is 15.8 Å². The summed E-state index contributed by atoms with van der Waals surface area (Å²) in [5.74, 6) is 1.12. The van der Waals surface area contributed by atoms with Crippen molar-refractivity contribution in [3.05, 3.63) is 65.7 Å². The lowest BCUT2D eigenvalue weighted by Crippen LogP contribution is -2.29. The molecule has 0 radical (unpaired) electrons. The van der Waals surface area contributed by atoms with Crippen LogP contribution in [-0.2, 0) is 9.59 Å². The lowest BCUT2D eigenvalue weighted by Gasteiger charge is -2.20. The number of thioether (sulfide) groups is 1. The molecule has 132 valence electrons. The number of hydrogen-bond donors (Lipinski definition) is 2. The van der Waals surface area contributed by atoms with Gasteiger partial charge in [0.25, 0.3) is 0 Å². The smallest absolute Gasteiger partial charge is 0.227 e. The van der Waals surface area contributed by atoms with Crippen LogP contribution in [0.2, 0.25) is 0 Å². The topological polar surface area (TPSA) is 81.4 Å². The van der Waals surface area contributed by atoms with Crippen molar-refractivity contribution in [1.82, 2.24) is 5.32 Å². The molecule has 1 atom stereocenters. The highest BCUT2D eigenvalue weighted by molar-refractivity contribution is 7.99. The van der Waals surface area contributed by atoms with E-state index in [1.807, 2.05) is 54.6 Å². The number of hydrogen-bond acceptors (Lipinski definition) is 4. The van der Waals surface area contributed by atoms with Crippen LogP contribution >= 0.6 is 11.8 Å². The minimum atomic E-state index is -0.370. The molecule has 2 amide bonds. The van der Waals surface area contributed by atoms with Crippen molar-refractivity contribution >= 4 is 23.6 Å². The Balaban J connectivity index is 2.07. The third-order valence-corrected chi connectivity index (χ3v) is 4.59. The standard InChI is InChI=1S/C19H22N2O3S/c1-24-16-9-7-15(8-10-16)19(14-5-3-2-4-6-14)21-18(23)11-12-25-13-17(20)22/h2-10,19H,11-13H2,1H3,(H2,20,22)(H,21,23). The summed E-state index contributed by atoms with van der Waals surface area (Å²) < 4.78 is 5.19. The number of methoxy groups -OCH3 is 1. The van der Waals surface area contributed by atoms with Crippen LogP contribution in [0.25, 0.3) is 0 Å². The molecule has 5 nitrogen and oxygen atoms in total. The van der Waals surface area contributed by atoms with Gasteiger partial charge in [0, 0.05) is 12.2 Å². The molecule has 0 saturated carbocycles. The first kappa shape index (κ1) is 18.9. The highest BCUT2D eigenvalue weighted by atomic mass is 32.2. The summed E-state index contributed by atoms with van der Waals surface area (Å²) in [6.45, 7) is 0. The van der Waals surface area contributed by atoms with Crippen LogP contribution in [0.3, 0.4) is 0 Å². The molecule has 0 heterocycles. The van der Waals surface area contributed by atoms with Gasteiger partial charge in [-0.2, -0.15) is 11.8 Å². The molecule has 0 aromatic heterocycles. The van der Waals surface area contributed by atoms with E-state index in [0.717, 1.165) is 16.9 Å². The second-order valence-electron chi connectivity index (χ2n) is 5.45. The molecule has 0 bridgehead atoms. The third-order valence-electron chi connectivity index (χ3n) is 3.61. The number of benzene rings is 2. The summed E-state index contributed by atoms with van der Waals surface area (Å²) in [6.07, 6.45) is 0.331. The molecule has 0 fully saturated rings. The van der Waals surface area contributed by atoms with E-state index >= 15 is 0 Å². The first-order valence-electron chi connectivity index (χ1n) is 7.94. The average molecular weight is 358 g/mol. The molecule has 1 unspecified atom stereocenters. The Labute approximate surface area is 151 Å². The molecule has 0 spiro atoms. The molecule has 25 heavy (non-hydrogen) atoms. The van der Waals surface area contributed by atoms with Crippen molar-refractivity contribution in [3.63, 3.8) is 0 Å². The van der Waals surface area contributed by atoms with Crippen molar-refractivity contribution < 1.29 is 14.3 Å². The first-order chi connectivity index (χ1) is 12.1. The minimum Gasteiger partial charge on any atom is -0.497 e. The zero-order chi connectivity index (χ0) is 18.1. The molecular formula is C19H22N2O3S. The molecule has 0 aliphatic heterocycles. The first-order valence-corrected chi connectivity index (χ1v) is 9.10. The van der Waals surface area contributed by atoms with Gasteiger partial charge in [0.1, 0.15) is 5.75 Å². The lowest BCUT2D eigenvalue weighted by atomic mass is 9.98. The Hall–Kier alpha value is -2.47. The van der Waals surface area contributed by atoms with Gasteiger partial charge >= 0.3 is 0 Å². The molecule has 2 rings (SSSR count). The largest absolute Gasteiger partial charge is 0.497 e. The van der Waals surface area contributed by atoms with Gasteiger partial charge in [-0.1, -0.05) is 42.5 Å². The predicted molar refractivity (Wildman–Crippen MR) is 101 cm³/mol. The number of amides is 2.